The first kappa shape index (κ1) is 20.9. The maximum Gasteiger partial charge on any atom is 0.265 e. The van der Waals surface area contributed by atoms with Crippen molar-refractivity contribution in [1.82, 2.24) is 10.1 Å². The zero-order valence-electron chi connectivity index (χ0n) is 17.4. The number of aromatic nitrogens is 2. The Labute approximate surface area is 180 Å². The van der Waals surface area contributed by atoms with Gasteiger partial charge in [-0.05, 0) is 42.7 Å². The number of anilines is 2. The van der Waals surface area contributed by atoms with Crippen molar-refractivity contribution in [3.05, 3.63) is 59.2 Å². The molecular weight excluding hydrogens is 420 g/mol. The Bertz CT molecular complexity index is 1240. The number of nitrogens with one attached hydrogen (secondary N) is 1. The Morgan fingerprint density at radius 3 is 2.55 bits per heavy atom. The summed E-state index contributed by atoms with van der Waals surface area (Å²) in [5.74, 6) is 0.767. The fourth-order valence-electron chi connectivity index (χ4n) is 3.36. The third-order valence-corrected chi connectivity index (χ3v) is 6.50. The van der Waals surface area contributed by atoms with Gasteiger partial charge >= 0.3 is 0 Å². The number of nitrogens with zero attached hydrogens (tertiary/aromatic N) is 3. The molecule has 4 rings (SSSR count). The lowest BCUT2D eigenvalue weighted by molar-refractivity contribution is -0.121. The number of carbonyl (C=O) groups is 1. The molecule has 0 bridgehead atoms. The zero-order chi connectivity index (χ0) is 22.2. The van der Waals surface area contributed by atoms with E-state index in [1.165, 1.54) is 11.0 Å². The molecule has 9 nitrogen and oxygen atoms in total. The lowest BCUT2D eigenvalue weighted by Crippen LogP contribution is -2.38. The molecule has 0 atom stereocenters. The van der Waals surface area contributed by atoms with Crippen molar-refractivity contribution >= 4 is 27.3 Å². The summed E-state index contributed by atoms with van der Waals surface area (Å²) in [6.45, 7) is 5.25. The van der Waals surface area contributed by atoms with Crippen molar-refractivity contribution in [2.24, 2.45) is 0 Å². The lowest BCUT2D eigenvalue weighted by Gasteiger charge is -2.29. The summed E-state index contributed by atoms with van der Waals surface area (Å²) >= 11 is 0. The highest BCUT2D eigenvalue weighted by atomic mass is 32.2. The molecule has 162 valence electrons. The fourth-order valence-corrected chi connectivity index (χ4v) is 4.66. The second-order valence-corrected chi connectivity index (χ2v) is 8.89. The monoisotopic (exact) mass is 442 g/mol. The number of sulfonamides is 1. The first-order valence-corrected chi connectivity index (χ1v) is 11.2. The lowest BCUT2D eigenvalue weighted by atomic mass is 10.1. The van der Waals surface area contributed by atoms with Gasteiger partial charge in [-0.2, -0.15) is 4.98 Å². The standard InChI is InChI=1S/C21H22N4O5S/c1-4-15-5-7-16(8-6-15)24-31(27,28)19-10-18-17(9-13(19)2)25(21(26)12-29-18)11-20-22-14(3)30-23-20/h5-10,24H,4,11-12H2,1-3H3. The van der Waals surface area contributed by atoms with Gasteiger partial charge in [-0.3, -0.25) is 14.4 Å². The summed E-state index contributed by atoms with van der Waals surface area (Å²) in [6, 6.07) is 10.3. The van der Waals surface area contributed by atoms with Gasteiger partial charge in [0.15, 0.2) is 12.4 Å². The molecule has 1 aliphatic heterocycles. The summed E-state index contributed by atoms with van der Waals surface area (Å²) in [7, 11) is -3.86. The SMILES string of the molecule is CCc1ccc(NS(=O)(=O)c2cc3c(cc2C)N(Cc2noc(C)n2)C(=O)CO3)cc1. The number of fused-ring (bicyclic) bond motifs is 1. The van der Waals surface area contributed by atoms with Gasteiger partial charge < -0.3 is 9.26 Å². The molecule has 0 spiro atoms. The molecule has 1 amide bonds. The van der Waals surface area contributed by atoms with Crippen molar-refractivity contribution in [1.29, 1.82) is 0 Å². The van der Waals surface area contributed by atoms with Crippen LogP contribution in [0.2, 0.25) is 0 Å². The highest BCUT2D eigenvalue weighted by Crippen LogP contribution is 2.37. The summed E-state index contributed by atoms with van der Waals surface area (Å²) < 4.78 is 39.1. The van der Waals surface area contributed by atoms with E-state index >= 15 is 0 Å². The third-order valence-electron chi connectivity index (χ3n) is 4.97. The van der Waals surface area contributed by atoms with E-state index in [0.29, 0.717) is 34.4 Å². The van der Waals surface area contributed by atoms with E-state index in [4.69, 9.17) is 9.26 Å². The fraction of sp³-hybridized carbons (Fsp3) is 0.286. The number of ether oxygens (including phenoxy) is 1. The molecule has 2 aromatic carbocycles. The van der Waals surface area contributed by atoms with E-state index in [1.54, 1.807) is 32.0 Å². The van der Waals surface area contributed by atoms with Gasteiger partial charge in [-0.1, -0.05) is 24.2 Å². The predicted molar refractivity (Wildman–Crippen MR) is 114 cm³/mol. The topological polar surface area (TPSA) is 115 Å². The van der Waals surface area contributed by atoms with Gasteiger partial charge in [0.1, 0.15) is 5.75 Å². The number of benzene rings is 2. The molecule has 0 aliphatic carbocycles. The van der Waals surface area contributed by atoms with E-state index in [0.717, 1.165) is 12.0 Å². The molecule has 1 aromatic heterocycles. The van der Waals surface area contributed by atoms with Crippen molar-refractivity contribution in [2.75, 3.05) is 16.2 Å². The van der Waals surface area contributed by atoms with E-state index < -0.39 is 10.0 Å². The van der Waals surface area contributed by atoms with E-state index in [2.05, 4.69) is 14.9 Å². The van der Waals surface area contributed by atoms with Crippen LogP contribution in [0, 0.1) is 13.8 Å². The van der Waals surface area contributed by atoms with Crippen LogP contribution >= 0.6 is 0 Å². The molecular formula is C21H22N4O5S. The van der Waals surface area contributed by atoms with Crippen LogP contribution in [-0.2, 0) is 27.8 Å². The van der Waals surface area contributed by atoms with Crippen LogP contribution in [0.4, 0.5) is 11.4 Å². The number of rotatable bonds is 6. The number of carbonyl (C=O) groups excluding carboxylic acids is 1. The minimum Gasteiger partial charge on any atom is -0.482 e. The quantitative estimate of drug-likeness (QED) is 0.624. The van der Waals surface area contributed by atoms with Gasteiger partial charge in [0.2, 0.25) is 5.89 Å². The Morgan fingerprint density at radius 2 is 1.90 bits per heavy atom. The molecule has 0 fully saturated rings. The number of aryl methyl sites for hydroxylation is 3. The van der Waals surface area contributed by atoms with Crippen molar-refractivity contribution in [3.63, 3.8) is 0 Å². The first-order chi connectivity index (χ1) is 14.8. The summed E-state index contributed by atoms with van der Waals surface area (Å²) in [5, 5.41) is 3.83. The van der Waals surface area contributed by atoms with Crippen molar-refractivity contribution in [2.45, 2.75) is 38.6 Å². The molecule has 0 saturated heterocycles. The Morgan fingerprint density at radius 1 is 1.16 bits per heavy atom. The maximum absolute atomic E-state index is 13.0. The Balaban J connectivity index is 1.65. The zero-order valence-corrected chi connectivity index (χ0v) is 18.2. The van der Waals surface area contributed by atoms with Crippen LogP contribution in [0.15, 0.2) is 45.8 Å². The maximum atomic E-state index is 13.0. The van der Waals surface area contributed by atoms with Gasteiger partial charge in [0.25, 0.3) is 15.9 Å². The molecule has 10 heteroatoms. The van der Waals surface area contributed by atoms with Crippen molar-refractivity contribution < 1.29 is 22.5 Å². The van der Waals surface area contributed by atoms with Gasteiger partial charge in [0, 0.05) is 18.7 Å². The largest absolute Gasteiger partial charge is 0.482 e. The van der Waals surface area contributed by atoms with Gasteiger partial charge in [-0.25, -0.2) is 8.42 Å². The van der Waals surface area contributed by atoms with Gasteiger partial charge in [0.05, 0.1) is 17.1 Å². The minimum atomic E-state index is -3.86. The minimum absolute atomic E-state index is 0.0792. The molecule has 0 unspecified atom stereocenters. The Hall–Kier alpha value is -3.40. The second kappa shape index (κ2) is 8.03. The first-order valence-electron chi connectivity index (χ1n) is 9.75. The van der Waals surface area contributed by atoms with E-state index in [-0.39, 0.29) is 24.0 Å². The average Bonchev–Trinajstić information content (AvgIpc) is 3.15. The van der Waals surface area contributed by atoms with Crippen LogP contribution in [-0.4, -0.2) is 31.1 Å². The number of hydrogen-bond acceptors (Lipinski definition) is 7. The summed E-state index contributed by atoms with van der Waals surface area (Å²) in [4.78, 5) is 18.1. The molecule has 2 heterocycles. The van der Waals surface area contributed by atoms with Crippen LogP contribution < -0.4 is 14.4 Å². The van der Waals surface area contributed by atoms with Gasteiger partial charge in [-0.15, -0.1) is 0 Å². The van der Waals surface area contributed by atoms with Crippen LogP contribution in [0.1, 0.15) is 29.8 Å². The molecule has 1 N–H and O–H groups in total. The van der Waals surface area contributed by atoms with Crippen molar-refractivity contribution in [3.8, 4) is 5.75 Å². The van der Waals surface area contributed by atoms with E-state index in [9.17, 15) is 13.2 Å². The molecule has 0 radical (unpaired) electrons. The number of hydrogen-bond donors (Lipinski definition) is 1. The molecule has 0 saturated carbocycles. The third kappa shape index (κ3) is 4.24. The Kier molecular flexibility index (Phi) is 5.40. The second-order valence-electron chi connectivity index (χ2n) is 7.24. The highest BCUT2D eigenvalue weighted by molar-refractivity contribution is 7.92. The summed E-state index contributed by atoms with van der Waals surface area (Å²) in [5.41, 5.74) is 2.52. The van der Waals surface area contributed by atoms with Crippen LogP contribution in [0.25, 0.3) is 0 Å². The molecule has 3 aromatic rings. The number of amides is 1. The average molecular weight is 442 g/mol. The predicted octanol–water partition coefficient (Wildman–Crippen LogP) is 2.98. The summed E-state index contributed by atoms with van der Waals surface area (Å²) in [6.07, 6.45) is 0.868. The van der Waals surface area contributed by atoms with Crippen LogP contribution in [0.5, 0.6) is 5.75 Å². The molecule has 31 heavy (non-hydrogen) atoms. The highest BCUT2D eigenvalue weighted by Gasteiger charge is 2.30. The van der Waals surface area contributed by atoms with E-state index in [1.807, 2.05) is 19.1 Å². The smallest absolute Gasteiger partial charge is 0.265 e. The van der Waals surface area contributed by atoms with Crippen LogP contribution in [0.3, 0.4) is 0 Å². The normalized spacial score (nSPS) is 13.6. The molecule has 1 aliphatic rings.